The van der Waals surface area contributed by atoms with Crippen LogP contribution in [0.3, 0.4) is 0 Å². The number of halogens is 2. The van der Waals surface area contributed by atoms with Gasteiger partial charge in [-0.15, -0.1) is 0 Å². The van der Waals surface area contributed by atoms with Crippen LogP contribution in [0.2, 0.25) is 0 Å². The van der Waals surface area contributed by atoms with Crippen LogP contribution in [0, 0.1) is 5.82 Å². The molecule has 20 heavy (non-hydrogen) atoms. The SMILES string of the molecule is CCc1c(Br)ccc(OCc2cccc(F)c2)c1CC. The summed E-state index contributed by atoms with van der Waals surface area (Å²) in [4.78, 5) is 0. The van der Waals surface area contributed by atoms with Gasteiger partial charge in [0.05, 0.1) is 0 Å². The molecule has 2 rings (SSSR count). The zero-order valence-electron chi connectivity index (χ0n) is 11.7. The molecular weight excluding hydrogens is 319 g/mol. The summed E-state index contributed by atoms with van der Waals surface area (Å²) in [5, 5.41) is 0. The summed E-state index contributed by atoms with van der Waals surface area (Å²) in [7, 11) is 0. The van der Waals surface area contributed by atoms with Crippen molar-refractivity contribution >= 4 is 15.9 Å². The highest BCUT2D eigenvalue weighted by Gasteiger charge is 2.10. The monoisotopic (exact) mass is 336 g/mol. The molecule has 0 unspecified atom stereocenters. The van der Waals surface area contributed by atoms with Gasteiger partial charge in [-0.1, -0.05) is 41.9 Å². The number of ether oxygens (including phenoxy) is 1. The van der Waals surface area contributed by atoms with Gasteiger partial charge >= 0.3 is 0 Å². The normalized spacial score (nSPS) is 10.6. The Morgan fingerprint density at radius 2 is 1.80 bits per heavy atom. The maximum Gasteiger partial charge on any atom is 0.123 e. The lowest BCUT2D eigenvalue weighted by atomic mass is 10.0. The Labute approximate surface area is 127 Å². The summed E-state index contributed by atoms with van der Waals surface area (Å²) in [5.74, 6) is 0.656. The third-order valence-electron chi connectivity index (χ3n) is 3.32. The molecule has 0 aliphatic heterocycles. The first-order chi connectivity index (χ1) is 9.65. The topological polar surface area (TPSA) is 9.23 Å². The fraction of sp³-hybridized carbons (Fsp3) is 0.294. The number of rotatable bonds is 5. The standard InChI is InChI=1S/C17H18BrFO/c1-3-14-15(4-2)17(9-8-16(14)18)20-11-12-6-5-7-13(19)10-12/h5-10H,3-4,11H2,1-2H3. The molecule has 0 amide bonds. The lowest BCUT2D eigenvalue weighted by Crippen LogP contribution is -2.02. The van der Waals surface area contributed by atoms with Crippen LogP contribution in [-0.2, 0) is 19.4 Å². The zero-order valence-corrected chi connectivity index (χ0v) is 13.3. The van der Waals surface area contributed by atoms with Crippen LogP contribution in [0.4, 0.5) is 4.39 Å². The second-order valence-electron chi connectivity index (χ2n) is 4.63. The van der Waals surface area contributed by atoms with Crippen molar-refractivity contribution in [2.45, 2.75) is 33.3 Å². The van der Waals surface area contributed by atoms with Gasteiger partial charge < -0.3 is 4.74 Å². The zero-order chi connectivity index (χ0) is 14.5. The van der Waals surface area contributed by atoms with Crippen molar-refractivity contribution in [2.24, 2.45) is 0 Å². The van der Waals surface area contributed by atoms with E-state index in [0.29, 0.717) is 6.61 Å². The van der Waals surface area contributed by atoms with Gasteiger partial charge in [0.25, 0.3) is 0 Å². The third kappa shape index (κ3) is 3.40. The van der Waals surface area contributed by atoms with Crippen molar-refractivity contribution in [3.63, 3.8) is 0 Å². The molecule has 0 atom stereocenters. The molecule has 0 aromatic heterocycles. The van der Waals surface area contributed by atoms with Crippen molar-refractivity contribution in [2.75, 3.05) is 0 Å². The molecule has 0 aliphatic carbocycles. The van der Waals surface area contributed by atoms with Gasteiger partial charge in [0.2, 0.25) is 0 Å². The maximum absolute atomic E-state index is 13.1. The quantitative estimate of drug-likeness (QED) is 0.720. The molecule has 0 N–H and O–H groups in total. The predicted molar refractivity (Wildman–Crippen MR) is 83.6 cm³/mol. The van der Waals surface area contributed by atoms with E-state index in [1.54, 1.807) is 6.07 Å². The highest BCUT2D eigenvalue weighted by molar-refractivity contribution is 9.10. The largest absolute Gasteiger partial charge is 0.489 e. The van der Waals surface area contributed by atoms with Gasteiger partial charge in [-0.25, -0.2) is 4.39 Å². The van der Waals surface area contributed by atoms with E-state index < -0.39 is 0 Å². The van der Waals surface area contributed by atoms with Crippen LogP contribution >= 0.6 is 15.9 Å². The fourth-order valence-corrected chi connectivity index (χ4v) is 2.99. The number of benzene rings is 2. The average Bonchev–Trinajstić information content (AvgIpc) is 2.45. The van der Waals surface area contributed by atoms with Crippen molar-refractivity contribution in [3.05, 3.63) is 63.4 Å². The minimum absolute atomic E-state index is 0.230. The van der Waals surface area contributed by atoms with E-state index >= 15 is 0 Å². The van der Waals surface area contributed by atoms with E-state index in [1.165, 1.54) is 23.3 Å². The Hall–Kier alpha value is -1.35. The minimum Gasteiger partial charge on any atom is -0.489 e. The molecule has 0 heterocycles. The highest BCUT2D eigenvalue weighted by Crippen LogP contribution is 2.30. The summed E-state index contributed by atoms with van der Waals surface area (Å²) in [5.41, 5.74) is 3.34. The van der Waals surface area contributed by atoms with Crippen molar-refractivity contribution in [3.8, 4) is 5.75 Å². The molecule has 0 fully saturated rings. The Kier molecular flexibility index (Phi) is 5.18. The summed E-state index contributed by atoms with van der Waals surface area (Å²) in [6.07, 6.45) is 1.88. The molecule has 1 nitrogen and oxygen atoms in total. The smallest absolute Gasteiger partial charge is 0.123 e. The van der Waals surface area contributed by atoms with Gasteiger partial charge in [-0.2, -0.15) is 0 Å². The van der Waals surface area contributed by atoms with E-state index in [-0.39, 0.29) is 5.82 Å². The molecule has 0 aliphatic rings. The molecule has 106 valence electrons. The van der Waals surface area contributed by atoms with Crippen LogP contribution in [-0.4, -0.2) is 0 Å². The molecule has 3 heteroatoms. The fourth-order valence-electron chi connectivity index (χ4n) is 2.34. The first-order valence-electron chi connectivity index (χ1n) is 6.83. The molecule has 0 saturated heterocycles. The van der Waals surface area contributed by atoms with E-state index in [9.17, 15) is 4.39 Å². The summed E-state index contributed by atoms with van der Waals surface area (Å²) < 4.78 is 20.1. The van der Waals surface area contributed by atoms with Gasteiger partial charge in [0, 0.05) is 4.47 Å². The Balaban J connectivity index is 2.21. The second kappa shape index (κ2) is 6.89. The minimum atomic E-state index is -0.230. The molecule has 2 aromatic carbocycles. The second-order valence-corrected chi connectivity index (χ2v) is 5.48. The Morgan fingerprint density at radius 3 is 2.45 bits per heavy atom. The van der Waals surface area contributed by atoms with Crippen LogP contribution in [0.1, 0.15) is 30.5 Å². The maximum atomic E-state index is 13.1. The van der Waals surface area contributed by atoms with Crippen LogP contribution in [0.15, 0.2) is 40.9 Å². The molecule has 0 bridgehead atoms. The number of hydrogen-bond acceptors (Lipinski definition) is 1. The summed E-state index contributed by atoms with van der Waals surface area (Å²) in [6, 6.07) is 10.5. The van der Waals surface area contributed by atoms with Gasteiger partial charge in [-0.05, 0) is 53.8 Å². The molecule has 0 saturated carbocycles. The molecule has 0 spiro atoms. The lowest BCUT2D eigenvalue weighted by molar-refractivity contribution is 0.302. The summed E-state index contributed by atoms with van der Waals surface area (Å²) >= 11 is 3.58. The van der Waals surface area contributed by atoms with Crippen LogP contribution < -0.4 is 4.74 Å². The van der Waals surface area contributed by atoms with E-state index in [2.05, 4.69) is 29.8 Å². The first-order valence-corrected chi connectivity index (χ1v) is 7.62. The first kappa shape index (κ1) is 15.0. The van der Waals surface area contributed by atoms with Crippen LogP contribution in [0.25, 0.3) is 0 Å². The summed E-state index contributed by atoms with van der Waals surface area (Å²) in [6.45, 7) is 4.64. The molecule has 2 aromatic rings. The van der Waals surface area contributed by atoms with Gasteiger partial charge in [0.1, 0.15) is 18.2 Å². The van der Waals surface area contributed by atoms with Crippen LogP contribution in [0.5, 0.6) is 5.75 Å². The highest BCUT2D eigenvalue weighted by atomic mass is 79.9. The Morgan fingerprint density at radius 1 is 1.05 bits per heavy atom. The van der Waals surface area contributed by atoms with Gasteiger partial charge in [-0.3, -0.25) is 0 Å². The van der Waals surface area contributed by atoms with Crippen molar-refractivity contribution in [1.82, 2.24) is 0 Å². The average molecular weight is 337 g/mol. The molecular formula is C17H18BrFO. The predicted octanol–water partition coefficient (Wildman–Crippen LogP) is 5.29. The lowest BCUT2D eigenvalue weighted by Gasteiger charge is -2.15. The van der Waals surface area contributed by atoms with Crippen molar-refractivity contribution in [1.29, 1.82) is 0 Å². The van der Waals surface area contributed by atoms with E-state index in [0.717, 1.165) is 28.6 Å². The van der Waals surface area contributed by atoms with E-state index in [1.807, 2.05) is 18.2 Å². The third-order valence-corrected chi connectivity index (χ3v) is 4.06. The number of hydrogen-bond donors (Lipinski definition) is 0. The Bertz CT molecular complexity index is 596. The van der Waals surface area contributed by atoms with Gasteiger partial charge in [0.15, 0.2) is 0 Å². The molecule has 0 radical (unpaired) electrons. The van der Waals surface area contributed by atoms with Crippen molar-refractivity contribution < 1.29 is 9.13 Å². The van der Waals surface area contributed by atoms with E-state index in [4.69, 9.17) is 4.74 Å².